The number of hydrogen-bond acceptors (Lipinski definition) is 5. The van der Waals surface area contributed by atoms with Gasteiger partial charge in [-0.05, 0) is 43.2 Å². The summed E-state index contributed by atoms with van der Waals surface area (Å²) in [5, 5.41) is 0.539. The van der Waals surface area contributed by atoms with E-state index >= 15 is 0 Å². The Balaban J connectivity index is 1.64. The van der Waals surface area contributed by atoms with Gasteiger partial charge in [0.2, 0.25) is 6.10 Å². The summed E-state index contributed by atoms with van der Waals surface area (Å²) < 4.78 is 13.0. The first-order valence-electron chi connectivity index (χ1n) is 10.8. The Morgan fingerprint density at radius 1 is 1.09 bits per heavy atom. The second-order valence-electron chi connectivity index (χ2n) is 7.91. The van der Waals surface area contributed by atoms with Crippen LogP contribution in [-0.2, 0) is 22.5 Å². The number of aromatic nitrogens is 3. The monoisotopic (exact) mass is 463 g/mol. The van der Waals surface area contributed by atoms with Crippen LogP contribution in [0.25, 0.3) is 11.2 Å². The number of ether oxygens (including phenoxy) is 2. The topological polar surface area (TPSA) is 66.2 Å². The number of imidazole rings is 1. The second kappa shape index (κ2) is 9.63. The van der Waals surface area contributed by atoms with E-state index in [4.69, 9.17) is 31.0 Å². The quantitative estimate of drug-likeness (QED) is 0.333. The average molecular weight is 464 g/mol. The minimum atomic E-state index is -0.877. The van der Waals surface area contributed by atoms with Crippen molar-refractivity contribution in [3.05, 3.63) is 87.8 Å². The third-order valence-electron chi connectivity index (χ3n) is 5.54. The number of halogens is 1. The molecule has 0 N–H and O–H groups in total. The van der Waals surface area contributed by atoms with E-state index < -0.39 is 12.1 Å². The van der Waals surface area contributed by atoms with E-state index in [0.29, 0.717) is 22.9 Å². The van der Waals surface area contributed by atoms with Crippen molar-refractivity contribution in [2.45, 2.75) is 39.8 Å². The fourth-order valence-corrected chi connectivity index (χ4v) is 4.14. The Labute approximate surface area is 198 Å². The fraction of sp³-hybridized carbons (Fsp3) is 0.269. The summed E-state index contributed by atoms with van der Waals surface area (Å²) in [6.45, 7) is 6.65. The number of nitrogens with zero attached hydrogens (tertiary/aromatic N) is 3. The first-order valence-corrected chi connectivity index (χ1v) is 11.2. The van der Waals surface area contributed by atoms with Crippen LogP contribution in [0.2, 0.25) is 5.02 Å². The maximum Gasteiger partial charge on any atom is 0.351 e. The van der Waals surface area contributed by atoms with E-state index in [0.717, 1.165) is 40.2 Å². The Morgan fingerprint density at radius 2 is 1.85 bits per heavy atom. The molecule has 0 spiro atoms. The molecule has 0 bridgehead atoms. The number of esters is 1. The van der Waals surface area contributed by atoms with Crippen LogP contribution in [-0.4, -0.2) is 27.6 Å². The second-order valence-corrected chi connectivity index (χ2v) is 8.31. The molecule has 0 aliphatic heterocycles. The molecule has 0 amide bonds. The van der Waals surface area contributed by atoms with Gasteiger partial charge in [0, 0.05) is 22.7 Å². The van der Waals surface area contributed by atoms with Crippen molar-refractivity contribution in [3.8, 4) is 5.75 Å². The molecule has 0 aliphatic carbocycles. The van der Waals surface area contributed by atoms with Gasteiger partial charge in [0.25, 0.3) is 0 Å². The van der Waals surface area contributed by atoms with Crippen LogP contribution in [0, 0.1) is 13.8 Å². The first-order chi connectivity index (χ1) is 15.9. The molecule has 2 aromatic heterocycles. The SMILES string of the molecule is CCc1nc2c(C)cc(C)nc2n1Cc1ccc(OC(C(=O)OC)c2ccccc2)cc1Cl. The lowest BCUT2D eigenvalue weighted by molar-refractivity contribution is -0.149. The molecule has 1 unspecified atom stereocenters. The Bertz CT molecular complexity index is 1300. The van der Waals surface area contributed by atoms with E-state index in [1.54, 1.807) is 6.07 Å². The zero-order valence-electron chi connectivity index (χ0n) is 19.1. The lowest BCUT2D eigenvalue weighted by atomic mass is 10.1. The zero-order chi connectivity index (χ0) is 23.5. The van der Waals surface area contributed by atoms with Crippen molar-refractivity contribution < 1.29 is 14.3 Å². The third kappa shape index (κ3) is 4.71. The van der Waals surface area contributed by atoms with Crippen LogP contribution < -0.4 is 4.74 Å². The third-order valence-corrected chi connectivity index (χ3v) is 5.89. The summed E-state index contributed by atoms with van der Waals surface area (Å²) in [5.41, 5.74) is 5.45. The van der Waals surface area contributed by atoms with Gasteiger partial charge in [0.1, 0.15) is 17.1 Å². The van der Waals surface area contributed by atoms with Crippen molar-refractivity contribution in [1.29, 1.82) is 0 Å². The molecule has 1 atom stereocenters. The maximum atomic E-state index is 12.3. The first kappa shape index (κ1) is 22.8. The number of methoxy groups -OCH3 is 1. The molecular formula is C26H26ClN3O3. The van der Waals surface area contributed by atoms with Gasteiger partial charge in [0.05, 0.1) is 13.7 Å². The standard InChI is InChI=1S/C26H26ClN3O3/c1-5-22-29-23-16(2)13-17(3)28-25(23)30(22)15-19-11-12-20(14-21(19)27)33-24(26(31)32-4)18-9-7-6-8-10-18/h6-14,24H,5,15H2,1-4H3. The van der Waals surface area contributed by atoms with Gasteiger partial charge in [-0.3, -0.25) is 0 Å². The van der Waals surface area contributed by atoms with E-state index in [-0.39, 0.29) is 0 Å². The molecule has 2 heterocycles. The number of fused-ring (bicyclic) bond motifs is 1. The van der Waals surface area contributed by atoms with Crippen LogP contribution in [0.5, 0.6) is 5.75 Å². The Hall–Kier alpha value is -3.38. The van der Waals surface area contributed by atoms with Gasteiger partial charge < -0.3 is 14.0 Å². The number of carbonyl (C=O) groups excluding carboxylic acids is 1. The van der Waals surface area contributed by atoms with Gasteiger partial charge in [-0.25, -0.2) is 14.8 Å². The molecule has 0 aliphatic rings. The van der Waals surface area contributed by atoms with Gasteiger partial charge in [-0.2, -0.15) is 0 Å². The zero-order valence-corrected chi connectivity index (χ0v) is 19.9. The van der Waals surface area contributed by atoms with Crippen LogP contribution in [0.15, 0.2) is 54.6 Å². The van der Waals surface area contributed by atoms with Crippen LogP contribution in [0.3, 0.4) is 0 Å². The molecule has 170 valence electrons. The van der Waals surface area contributed by atoms with E-state index in [2.05, 4.69) is 18.4 Å². The molecule has 4 aromatic rings. The number of aryl methyl sites for hydroxylation is 3. The van der Waals surface area contributed by atoms with Crippen LogP contribution in [0.4, 0.5) is 0 Å². The molecule has 0 fully saturated rings. The van der Waals surface area contributed by atoms with Crippen LogP contribution in [0.1, 0.15) is 41.2 Å². The van der Waals surface area contributed by atoms with Crippen molar-refractivity contribution >= 4 is 28.7 Å². The molecular weight excluding hydrogens is 438 g/mol. The minimum Gasteiger partial charge on any atom is -0.474 e. The molecule has 6 nitrogen and oxygen atoms in total. The highest BCUT2D eigenvalue weighted by Crippen LogP contribution is 2.29. The normalized spacial score (nSPS) is 12.0. The van der Waals surface area contributed by atoms with Gasteiger partial charge >= 0.3 is 5.97 Å². The number of hydrogen-bond donors (Lipinski definition) is 0. The molecule has 0 saturated carbocycles. The number of carbonyl (C=O) groups is 1. The highest BCUT2D eigenvalue weighted by atomic mass is 35.5. The summed E-state index contributed by atoms with van der Waals surface area (Å²) in [6.07, 6.45) is -0.0940. The highest BCUT2D eigenvalue weighted by molar-refractivity contribution is 6.31. The molecule has 0 saturated heterocycles. The summed E-state index contributed by atoms with van der Waals surface area (Å²) in [4.78, 5) is 21.9. The lowest BCUT2D eigenvalue weighted by Gasteiger charge is -2.18. The van der Waals surface area contributed by atoms with Gasteiger partial charge in [-0.15, -0.1) is 0 Å². The smallest absolute Gasteiger partial charge is 0.351 e. The molecule has 4 rings (SSSR count). The van der Waals surface area contributed by atoms with Gasteiger partial charge in [0.15, 0.2) is 5.65 Å². The summed E-state index contributed by atoms with van der Waals surface area (Å²) >= 11 is 6.65. The predicted octanol–water partition coefficient (Wildman–Crippen LogP) is 5.61. The number of rotatable bonds is 7. The highest BCUT2D eigenvalue weighted by Gasteiger charge is 2.24. The van der Waals surface area contributed by atoms with Crippen molar-refractivity contribution in [3.63, 3.8) is 0 Å². The van der Waals surface area contributed by atoms with Crippen LogP contribution >= 0.6 is 11.6 Å². The number of pyridine rings is 1. The summed E-state index contributed by atoms with van der Waals surface area (Å²) in [5.74, 6) is 0.965. The number of benzene rings is 2. The van der Waals surface area contributed by atoms with Crippen molar-refractivity contribution in [1.82, 2.24) is 14.5 Å². The Morgan fingerprint density at radius 3 is 2.52 bits per heavy atom. The summed E-state index contributed by atoms with van der Waals surface area (Å²) in [7, 11) is 1.34. The molecule has 7 heteroatoms. The van der Waals surface area contributed by atoms with Crippen molar-refractivity contribution in [2.24, 2.45) is 0 Å². The largest absolute Gasteiger partial charge is 0.474 e. The Kier molecular flexibility index (Phi) is 6.65. The summed E-state index contributed by atoms with van der Waals surface area (Å²) in [6, 6.07) is 16.7. The molecule has 33 heavy (non-hydrogen) atoms. The maximum absolute atomic E-state index is 12.3. The predicted molar refractivity (Wildman–Crippen MR) is 129 cm³/mol. The van der Waals surface area contributed by atoms with E-state index in [1.165, 1.54) is 7.11 Å². The van der Waals surface area contributed by atoms with Gasteiger partial charge in [-0.1, -0.05) is 54.9 Å². The minimum absolute atomic E-state index is 0.476. The van der Waals surface area contributed by atoms with E-state index in [1.807, 2.05) is 55.5 Å². The van der Waals surface area contributed by atoms with Crippen molar-refractivity contribution in [2.75, 3.05) is 7.11 Å². The lowest BCUT2D eigenvalue weighted by Crippen LogP contribution is -2.20. The van der Waals surface area contributed by atoms with E-state index in [9.17, 15) is 4.79 Å². The fourth-order valence-electron chi connectivity index (χ4n) is 3.91. The molecule has 0 radical (unpaired) electrons. The average Bonchev–Trinajstić information content (AvgIpc) is 3.16. The molecule has 2 aromatic carbocycles.